The van der Waals surface area contributed by atoms with Crippen LogP contribution >= 0.6 is 11.8 Å². The Kier molecular flexibility index (Phi) is 4.93. The Balaban J connectivity index is 2.43. The van der Waals surface area contributed by atoms with Crippen molar-refractivity contribution in [2.45, 2.75) is 17.9 Å². The van der Waals surface area contributed by atoms with Crippen molar-refractivity contribution in [1.82, 2.24) is 0 Å². The van der Waals surface area contributed by atoms with Gasteiger partial charge in [0.25, 0.3) is 0 Å². The van der Waals surface area contributed by atoms with Crippen LogP contribution in [0, 0.1) is 0 Å². The molecular weight excluding hydrogens is 270 g/mol. The number of ether oxygens (including phenoxy) is 2. The van der Waals surface area contributed by atoms with E-state index in [1.54, 1.807) is 18.9 Å². The molecular formula is C16H19NO2S. The first-order valence-corrected chi connectivity index (χ1v) is 7.63. The normalized spacial score (nSPS) is 12.0. The van der Waals surface area contributed by atoms with Crippen LogP contribution in [-0.2, 0) is 0 Å². The number of methoxy groups -OCH3 is 1. The van der Waals surface area contributed by atoms with Crippen molar-refractivity contribution in [2.75, 3.05) is 13.4 Å². The second-order valence-corrected chi connectivity index (χ2v) is 5.26. The fourth-order valence-electron chi connectivity index (χ4n) is 2.06. The summed E-state index contributed by atoms with van der Waals surface area (Å²) in [7, 11) is 1.64. The average Bonchev–Trinajstić information content (AvgIpc) is 2.47. The van der Waals surface area contributed by atoms with Crippen LogP contribution in [-0.4, -0.2) is 13.4 Å². The predicted octanol–water partition coefficient (Wildman–Crippen LogP) is 4.23. The van der Waals surface area contributed by atoms with Gasteiger partial charge in [0.05, 0.1) is 12.7 Å². The second-order valence-electron chi connectivity index (χ2n) is 4.41. The molecule has 1 atom stereocenters. The van der Waals surface area contributed by atoms with Crippen LogP contribution in [0.3, 0.4) is 0 Å². The first-order chi connectivity index (χ1) is 9.67. The van der Waals surface area contributed by atoms with Gasteiger partial charge in [0.1, 0.15) is 17.2 Å². The van der Waals surface area contributed by atoms with Crippen LogP contribution < -0.4 is 15.2 Å². The van der Waals surface area contributed by atoms with Gasteiger partial charge in [0, 0.05) is 10.9 Å². The highest BCUT2D eigenvalue weighted by atomic mass is 32.2. The summed E-state index contributed by atoms with van der Waals surface area (Å²) in [6.07, 6.45) is 2.03. The summed E-state index contributed by atoms with van der Waals surface area (Å²) in [5, 5.41) is 0. The maximum absolute atomic E-state index is 6.05. The average molecular weight is 289 g/mol. The molecule has 0 heterocycles. The molecule has 0 bridgehead atoms. The summed E-state index contributed by atoms with van der Waals surface area (Å²) in [5.41, 5.74) is 6.93. The van der Waals surface area contributed by atoms with Crippen molar-refractivity contribution < 1.29 is 9.47 Å². The van der Waals surface area contributed by atoms with Gasteiger partial charge in [0.15, 0.2) is 0 Å². The zero-order chi connectivity index (χ0) is 14.5. The Hall–Kier alpha value is -1.65. The first kappa shape index (κ1) is 14.8. The summed E-state index contributed by atoms with van der Waals surface area (Å²) in [5.74, 6) is 2.31. The number of hydrogen-bond donors (Lipinski definition) is 1. The van der Waals surface area contributed by atoms with Gasteiger partial charge in [-0.05, 0) is 37.4 Å². The van der Waals surface area contributed by atoms with Crippen LogP contribution in [0.1, 0.15) is 18.5 Å². The van der Waals surface area contributed by atoms with Gasteiger partial charge in [-0.2, -0.15) is 0 Å². The van der Waals surface area contributed by atoms with Crippen molar-refractivity contribution in [3.8, 4) is 17.2 Å². The van der Waals surface area contributed by atoms with E-state index >= 15 is 0 Å². The van der Waals surface area contributed by atoms with Crippen molar-refractivity contribution in [3.63, 3.8) is 0 Å². The van der Waals surface area contributed by atoms with E-state index in [9.17, 15) is 0 Å². The Bertz CT molecular complexity index is 584. The fraction of sp³-hybridized carbons (Fsp3) is 0.250. The van der Waals surface area contributed by atoms with Crippen molar-refractivity contribution in [2.24, 2.45) is 5.73 Å². The van der Waals surface area contributed by atoms with E-state index in [2.05, 4.69) is 0 Å². The highest BCUT2D eigenvalue weighted by Crippen LogP contribution is 2.38. The third-order valence-corrected chi connectivity index (χ3v) is 3.77. The number of benzene rings is 2. The number of nitrogens with two attached hydrogens (primary N) is 1. The highest BCUT2D eigenvalue weighted by Gasteiger charge is 2.15. The van der Waals surface area contributed by atoms with E-state index in [1.807, 2.05) is 55.6 Å². The summed E-state index contributed by atoms with van der Waals surface area (Å²) < 4.78 is 11.4. The third-order valence-electron chi connectivity index (χ3n) is 2.99. The summed E-state index contributed by atoms with van der Waals surface area (Å²) in [4.78, 5) is 1.09. The number of para-hydroxylation sites is 1. The zero-order valence-corrected chi connectivity index (χ0v) is 12.7. The zero-order valence-electron chi connectivity index (χ0n) is 11.9. The number of hydrogen-bond acceptors (Lipinski definition) is 4. The van der Waals surface area contributed by atoms with E-state index in [0.29, 0.717) is 0 Å². The number of thioether (sulfide) groups is 1. The van der Waals surface area contributed by atoms with Crippen molar-refractivity contribution in [1.29, 1.82) is 0 Å². The smallest absolute Gasteiger partial charge is 0.140 e. The molecule has 0 aliphatic rings. The fourth-order valence-corrected chi connectivity index (χ4v) is 2.59. The standard InChI is InChI=1S/C16H19NO2S/c1-11(17)16-13(18-2)8-6-9-14(16)19-12-7-4-5-10-15(12)20-3/h4-11H,17H2,1-3H3. The summed E-state index contributed by atoms with van der Waals surface area (Å²) in [6, 6.07) is 13.5. The van der Waals surface area contributed by atoms with E-state index in [0.717, 1.165) is 27.7 Å². The molecule has 2 aromatic rings. The topological polar surface area (TPSA) is 44.5 Å². The van der Waals surface area contributed by atoms with Gasteiger partial charge in [-0.1, -0.05) is 18.2 Å². The van der Waals surface area contributed by atoms with E-state index < -0.39 is 0 Å². The molecule has 2 aromatic carbocycles. The minimum atomic E-state index is -0.164. The Morgan fingerprint density at radius 1 is 1.00 bits per heavy atom. The maximum atomic E-state index is 6.05. The predicted molar refractivity (Wildman–Crippen MR) is 83.9 cm³/mol. The molecule has 2 rings (SSSR count). The second kappa shape index (κ2) is 6.68. The quantitative estimate of drug-likeness (QED) is 0.837. The van der Waals surface area contributed by atoms with Gasteiger partial charge in [0.2, 0.25) is 0 Å². The Labute approximate surface area is 124 Å². The molecule has 3 nitrogen and oxygen atoms in total. The van der Waals surface area contributed by atoms with Gasteiger partial charge in [-0.3, -0.25) is 0 Å². The van der Waals surface area contributed by atoms with Gasteiger partial charge >= 0.3 is 0 Å². The first-order valence-electron chi connectivity index (χ1n) is 6.40. The van der Waals surface area contributed by atoms with Crippen LogP contribution in [0.5, 0.6) is 17.2 Å². The molecule has 0 spiro atoms. The highest BCUT2D eigenvalue weighted by molar-refractivity contribution is 7.98. The molecule has 0 aliphatic heterocycles. The Morgan fingerprint density at radius 3 is 2.30 bits per heavy atom. The van der Waals surface area contributed by atoms with Crippen LogP contribution in [0.15, 0.2) is 47.4 Å². The van der Waals surface area contributed by atoms with Gasteiger partial charge in [-0.25, -0.2) is 0 Å². The molecule has 0 radical (unpaired) electrons. The molecule has 0 aromatic heterocycles. The maximum Gasteiger partial charge on any atom is 0.140 e. The van der Waals surface area contributed by atoms with E-state index in [-0.39, 0.29) is 6.04 Å². The molecule has 4 heteroatoms. The molecule has 2 N–H and O–H groups in total. The SMILES string of the molecule is COc1cccc(Oc2ccccc2SC)c1C(C)N. The monoisotopic (exact) mass is 289 g/mol. The van der Waals surface area contributed by atoms with Crippen molar-refractivity contribution >= 4 is 11.8 Å². The van der Waals surface area contributed by atoms with E-state index in [4.69, 9.17) is 15.2 Å². The lowest BCUT2D eigenvalue weighted by atomic mass is 10.1. The molecule has 1 unspecified atom stereocenters. The molecule has 106 valence electrons. The lowest BCUT2D eigenvalue weighted by Gasteiger charge is -2.18. The summed E-state index contributed by atoms with van der Waals surface area (Å²) >= 11 is 1.65. The lowest BCUT2D eigenvalue weighted by Crippen LogP contribution is -2.08. The molecule has 0 amide bonds. The van der Waals surface area contributed by atoms with Gasteiger partial charge < -0.3 is 15.2 Å². The largest absolute Gasteiger partial charge is 0.496 e. The lowest BCUT2D eigenvalue weighted by molar-refractivity contribution is 0.396. The Morgan fingerprint density at radius 2 is 1.65 bits per heavy atom. The minimum Gasteiger partial charge on any atom is -0.496 e. The summed E-state index contributed by atoms with van der Waals surface area (Å²) in [6.45, 7) is 1.92. The van der Waals surface area contributed by atoms with Crippen LogP contribution in [0.4, 0.5) is 0 Å². The van der Waals surface area contributed by atoms with Crippen LogP contribution in [0.2, 0.25) is 0 Å². The minimum absolute atomic E-state index is 0.164. The molecule has 0 fully saturated rings. The molecule has 0 aliphatic carbocycles. The van der Waals surface area contributed by atoms with Gasteiger partial charge in [-0.15, -0.1) is 11.8 Å². The number of rotatable bonds is 5. The van der Waals surface area contributed by atoms with Crippen LogP contribution in [0.25, 0.3) is 0 Å². The van der Waals surface area contributed by atoms with E-state index in [1.165, 1.54) is 0 Å². The third kappa shape index (κ3) is 3.08. The molecule has 0 saturated heterocycles. The van der Waals surface area contributed by atoms with Crippen molar-refractivity contribution in [3.05, 3.63) is 48.0 Å². The molecule has 0 saturated carbocycles. The molecule has 20 heavy (non-hydrogen) atoms.